The molecule has 4 nitrogen and oxygen atoms in total. The van der Waals surface area contributed by atoms with Gasteiger partial charge in [-0.2, -0.15) is 0 Å². The number of rotatable bonds is 8. The first-order chi connectivity index (χ1) is 12.6. The Balaban J connectivity index is 0.00000261. The van der Waals surface area contributed by atoms with Crippen LogP contribution in [0.5, 0.6) is 5.75 Å². The van der Waals surface area contributed by atoms with E-state index in [9.17, 15) is 5.11 Å². The summed E-state index contributed by atoms with van der Waals surface area (Å²) in [5.74, 6) is 2.06. The predicted molar refractivity (Wildman–Crippen MR) is 113 cm³/mol. The molecule has 0 saturated carbocycles. The van der Waals surface area contributed by atoms with Crippen molar-refractivity contribution in [2.24, 2.45) is 0 Å². The lowest BCUT2D eigenvalue weighted by Crippen LogP contribution is -2.25. The van der Waals surface area contributed by atoms with E-state index in [2.05, 4.69) is 25.0 Å². The van der Waals surface area contributed by atoms with Gasteiger partial charge in [0.25, 0.3) is 0 Å². The Labute approximate surface area is 166 Å². The summed E-state index contributed by atoms with van der Waals surface area (Å²) in [4.78, 5) is 4.72. The van der Waals surface area contributed by atoms with Gasteiger partial charge in [-0.15, -0.1) is 19.0 Å². The molecule has 0 saturated heterocycles. The van der Waals surface area contributed by atoms with Crippen molar-refractivity contribution in [1.82, 2.24) is 9.55 Å². The van der Waals surface area contributed by atoms with E-state index in [1.807, 2.05) is 54.6 Å². The number of ether oxygens (including phenoxy) is 1. The Morgan fingerprint density at radius 2 is 1.85 bits per heavy atom. The first-order valence-electron chi connectivity index (χ1n) is 9.05. The minimum absolute atomic E-state index is 0. The fraction of sp³-hybridized carbons (Fsp3) is 0.318. The second-order valence-corrected chi connectivity index (χ2v) is 6.79. The van der Waals surface area contributed by atoms with Crippen LogP contribution in [0.25, 0.3) is 11.0 Å². The predicted octanol–water partition coefficient (Wildman–Crippen LogP) is 4.75. The van der Waals surface area contributed by atoms with Crippen molar-refractivity contribution < 1.29 is 9.84 Å². The van der Waals surface area contributed by atoms with Crippen LogP contribution in [-0.4, -0.2) is 27.4 Å². The second-order valence-electron chi connectivity index (χ2n) is 6.79. The van der Waals surface area contributed by atoms with E-state index in [4.69, 9.17) is 9.72 Å². The van der Waals surface area contributed by atoms with Gasteiger partial charge in [-0.1, -0.05) is 50.3 Å². The Kier molecular flexibility index (Phi) is 7.45. The van der Waals surface area contributed by atoms with Crippen molar-refractivity contribution in [3.8, 4) is 5.75 Å². The van der Waals surface area contributed by atoms with E-state index in [0.717, 1.165) is 34.6 Å². The lowest BCUT2D eigenvalue weighted by molar-refractivity contribution is 0.0921. The standard InChI is InChI=1S/C22H26N2O2.ClH/c1-4-9-17-10-5-8-13-21(17)26-15-18(25)14-24-20-12-7-6-11-19(20)23-22(24)16(2)3;/h4-8,10-13,16,18,25H,1,9,14-15H2,2-3H3;1H. The lowest BCUT2D eigenvalue weighted by Gasteiger charge is -2.18. The molecule has 1 N–H and O–H groups in total. The van der Waals surface area contributed by atoms with Crippen molar-refractivity contribution >= 4 is 23.4 Å². The number of benzene rings is 2. The van der Waals surface area contributed by atoms with Crippen LogP contribution in [0.4, 0.5) is 0 Å². The number of hydrogen-bond donors (Lipinski definition) is 1. The van der Waals surface area contributed by atoms with Crippen LogP contribution >= 0.6 is 12.4 Å². The molecular formula is C22H27ClN2O2. The van der Waals surface area contributed by atoms with Gasteiger partial charge in [-0.3, -0.25) is 0 Å². The zero-order valence-electron chi connectivity index (χ0n) is 15.8. The quantitative estimate of drug-likeness (QED) is 0.568. The van der Waals surface area contributed by atoms with E-state index in [1.165, 1.54) is 0 Å². The van der Waals surface area contributed by atoms with Crippen molar-refractivity contribution in [1.29, 1.82) is 0 Å². The van der Waals surface area contributed by atoms with Crippen molar-refractivity contribution in [2.45, 2.75) is 38.8 Å². The number of fused-ring (bicyclic) bond motifs is 1. The van der Waals surface area contributed by atoms with Crippen LogP contribution in [0.3, 0.4) is 0 Å². The van der Waals surface area contributed by atoms with Crippen LogP contribution in [0.1, 0.15) is 31.2 Å². The highest BCUT2D eigenvalue weighted by molar-refractivity contribution is 5.85. The first kappa shape index (κ1) is 21.0. The fourth-order valence-corrected chi connectivity index (χ4v) is 3.14. The number of allylic oxidation sites excluding steroid dienone is 1. The van der Waals surface area contributed by atoms with Crippen molar-refractivity contribution in [3.63, 3.8) is 0 Å². The number of imidazole rings is 1. The molecule has 0 bridgehead atoms. The van der Waals surface area contributed by atoms with E-state index in [1.54, 1.807) is 0 Å². The van der Waals surface area contributed by atoms with E-state index < -0.39 is 6.10 Å². The maximum atomic E-state index is 10.6. The summed E-state index contributed by atoms with van der Waals surface area (Å²) in [6.07, 6.45) is 1.98. The molecule has 0 fully saturated rings. The smallest absolute Gasteiger partial charge is 0.122 e. The van der Waals surface area contributed by atoms with Crippen molar-refractivity contribution in [3.05, 3.63) is 72.6 Å². The summed E-state index contributed by atoms with van der Waals surface area (Å²) in [7, 11) is 0. The van der Waals surface area contributed by atoms with E-state index in [0.29, 0.717) is 6.54 Å². The normalized spacial score (nSPS) is 12.0. The van der Waals surface area contributed by atoms with E-state index in [-0.39, 0.29) is 24.9 Å². The third kappa shape index (κ3) is 4.90. The van der Waals surface area contributed by atoms with Gasteiger partial charge >= 0.3 is 0 Å². The molecule has 1 heterocycles. The van der Waals surface area contributed by atoms with Crippen LogP contribution in [0, 0.1) is 0 Å². The average molecular weight is 387 g/mol. The number of aliphatic hydroxyl groups is 1. The summed E-state index contributed by atoms with van der Waals surface area (Å²) in [6.45, 7) is 8.71. The van der Waals surface area contributed by atoms with Gasteiger partial charge in [0, 0.05) is 5.92 Å². The molecule has 1 atom stereocenters. The van der Waals surface area contributed by atoms with Gasteiger partial charge in [0.2, 0.25) is 0 Å². The lowest BCUT2D eigenvalue weighted by atomic mass is 10.1. The van der Waals surface area contributed by atoms with Gasteiger partial charge in [-0.25, -0.2) is 4.98 Å². The molecule has 27 heavy (non-hydrogen) atoms. The maximum absolute atomic E-state index is 10.6. The third-order valence-electron chi connectivity index (χ3n) is 4.36. The van der Waals surface area contributed by atoms with Gasteiger partial charge in [-0.05, 0) is 30.2 Å². The average Bonchev–Trinajstić information content (AvgIpc) is 3.00. The Morgan fingerprint density at radius 1 is 1.15 bits per heavy atom. The molecule has 144 valence electrons. The van der Waals surface area contributed by atoms with E-state index >= 15 is 0 Å². The Hall–Kier alpha value is -2.30. The molecule has 0 aliphatic rings. The number of aromatic nitrogens is 2. The molecular weight excluding hydrogens is 360 g/mol. The maximum Gasteiger partial charge on any atom is 0.122 e. The summed E-state index contributed by atoms with van der Waals surface area (Å²) < 4.78 is 7.98. The van der Waals surface area contributed by atoms with Crippen LogP contribution in [-0.2, 0) is 13.0 Å². The molecule has 0 amide bonds. The number of nitrogens with zero attached hydrogens (tertiary/aromatic N) is 2. The van der Waals surface area contributed by atoms with Gasteiger partial charge in [0.05, 0.1) is 17.6 Å². The van der Waals surface area contributed by atoms with Gasteiger partial charge in [0.15, 0.2) is 0 Å². The molecule has 1 unspecified atom stereocenters. The SMILES string of the molecule is C=CCc1ccccc1OCC(O)Cn1c(C(C)C)nc2ccccc21.Cl. The molecule has 0 aliphatic heterocycles. The highest BCUT2D eigenvalue weighted by atomic mass is 35.5. The van der Waals surface area contributed by atoms with Crippen LogP contribution < -0.4 is 4.74 Å². The molecule has 5 heteroatoms. The largest absolute Gasteiger partial charge is 0.491 e. The van der Waals surface area contributed by atoms with Crippen LogP contribution in [0.15, 0.2) is 61.2 Å². The molecule has 0 aliphatic carbocycles. The zero-order chi connectivity index (χ0) is 18.5. The minimum Gasteiger partial charge on any atom is -0.491 e. The van der Waals surface area contributed by atoms with Crippen LogP contribution in [0.2, 0.25) is 0 Å². The Bertz CT molecular complexity index is 889. The molecule has 1 aromatic heterocycles. The summed E-state index contributed by atoms with van der Waals surface area (Å²) in [5, 5.41) is 10.6. The minimum atomic E-state index is -0.623. The van der Waals surface area contributed by atoms with Crippen molar-refractivity contribution in [2.75, 3.05) is 6.61 Å². The first-order valence-corrected chi connectivity index (χ1v) is 9.05. The summed E-state index contributed by atoms with van der Waals surface area (Å²) >= 11 is 0. The Morgan fingerprint density at radius 3 is 2.59 bits per heavy atom. The third-order valence-corrected chi connectivity index (χ3v) is 4.36. The highest BCUT2D eigenvalue weighted by Crippen LogP contribution is 2.23. The topological polar surface area (TPSA) is 47.3 Å². The molecule has 2 aromatic carbocycles. The number of para-hydroxylation sites is 3. The molecule has 0 spiro atoms. The zero-order valence-corrected chi connectivity index (χ0v) is 16.7. The molecule has 0 radical (unpaired) electrons. The monoisotopic (exact) mass is 386 g/mol. The van der Waals surface area contributed by atoms with Gasteiger partial charge in [0.1, 0.15) is 24.3 Å². The molecule has 3 aromatic rings. The summed E-state index contributed by atoms with van der Waals surface area (Å²) in [6, 6.07) is 15.9. The number of hydrogen-bond acceptors (Lipinski definition) is 3. The number of halogens is 1. The highest BCUT2D eigenvalue weighted by Gasteiger charge is 2.17. The van der Waals surface area contributed by atoms with Gasteiger partial charge < -0.3 is 14.4 Å². The summed E-state index contributed by atoms with van der Waals surface area (Å²) in [5.41, 5.74) is 3.08. The second kappa shape index (κ2) is 9.58. The fourth-order valence-electron chi connectivity index (χ4n) is 3.14. The number of aliphatic hydroxyl groups excluding tert-OH is 1. The molecule has 3 rings (SSSR count).